The summed E-state index contributed by atoms with van der Waals surface area (Å²) in [6.07, 6.45) is 4.73. The van der Waals surface area contributed by atoms with Gasteiger partial charge in [0.1, 0.15) is 6.54 Å². The first-order chi connectivity index (χ1) is 7.65. The standard InChI is InChI=1S/C10H16N4OS/c1-7-9(2-3-16-7)13-8-4-12-14(5-8)6-10(11)15/h4-5,7,9,13H,2-3,6H2,1H3,(H2,11,15). The van der Waals surface area contributed by atoms with E-state index < -0.39 is 0 Å². The van der Waals surface area contributed by atoms with E-state index in [9.17, 15) is 4.79 Å². The summed E-state index contributed by atoms with van der Waals surface area (Å²) >= 11 is 1.98. The SMILES string of the molecule is CC1SCCC1Nc1cnn(CC(N)=O)c1. The molecule has 6 heteroatoms. The Hall–Kier alpha value is -1.17. The van der Waals surface area contributed by atoms with Crippen molar-refractivity contribution in [3.05, 3.63) is 12.4 Å². The van der Waals surface area contributed by atoms with Gasteiger partial charge in [0.15, 0.2) is 0 Å². The molecule has 1 aromatic rings. The van der Waals surface area contributed by atoms with Crippen LogP contribution in [0.4, 0.5) is 5.69 Å². The maximum atomic E-state index is 10.7. The molecule has 0 bridgehead atoms. The minimum absolute atomic E-state index is 0.136. The van der Waals surface area contributed by atoms with Crippen molar-refractivity contribution in [2.75, 3.05) is 11.1 Å². The molecule has 2 atom stereocenters. The molecule has 0 saturated carbocycles. The summed E-state index contributed by atoms with van der Waals surface area (Å²) in [5, 5.41) is 8.12. The van der Waals surface area contributed by atoms with Crippen molar-refractivity contribution >= 4 is 23.4 Å². The van der Waals surface area contributed by atoms with Gasteiger partial charge in [0.05, 0.1) is 11.9 Å². The van der Waals surface area contributed by atoms with Gasteiger partial charge in [-0.05, 0) is 12.2 Å². The van der Waals surface area contributed by atoms with Crippen molar-refractivity contribution in [2.24, 2.45) is 5.73 Å². The summed E-state index contributed by atoms with van der Waals surface area (Å²) in [5.41, 5.74) is 6.05. The van der Waals surface area contributed by atoms with E-state index in [2.05, 4.69) is 17.3 Å². The van der Waals surface area contributed by atoms with E-state index in [1.165, 1.54) is 12.2 Å². The molecule has 0 aromatic carbocycles. The molecular formula is C10H16N4OS. The van der Waals surface area contributed by atoms with Crippen LogP contribution in [0, 0.1) is 0 Å². The molecule has 2 rings (SSSR count). The summed E-state index contributed by atoms with van der Waals surface area (Å²) in [7, 11) is 0. The smallest absolute Gasteiger partial charge is 0.239 e. The molecule has 1 aromatic heterocycles. The Morgan fingerprint density at radius 3 is 3.25 bits per heavy atom. The number of rotatable bonds is 4. The monoisotopic (exact) mass is 240 g/mol. The highest BCUT2D eigenvalue weighted by atomic mass is 32.2. The third-order valence-electron chi connectivity index (χ3n) is 2.68. The van der Waals surface area contributed by atoms with Crippen molar-refractivity contribution in [2.45, 2.75) is 31.2 Å². The Morgan fingerprint density at radius 2 is 2.62 bits per heavy atom. The average molecular weight is 240 g/mol. The number of amides is 1. The fourth-order valence-electron chi connectivity index (χ4n) is 1.82. The lowest BCUT2D eigenvalue weighted by Crippen LogP contribution is -2.24. The Kier molecular flexibility index (Phi) is 3.38. The molecule has 1 aliphatic rings. The zero-order valence-electron chi connectivity index (χ0n) is 9.22. The van der Waals surface area contributed by atoms with Crippen LogP contribution in [0.5, 0.6) is 0 Å². The number of hydrogen-bond acceptors (Lipinski definition) is 4. The number of nitrogens with two attached hydrogens (primary N) is 1. The van der Waals surface area contributed by atoms with E-state index in [1.54, 1.807) is 10.9 Å². The van der Waals surface area contributed by atoms with Crippen LogP contribution in [-0.4, -0.2) is 32.7 Å². The second-order valence-corrected chi connectivity index (χ2v) is 5.49. The Morgan fingerprint density at radius 1 is 1.81 bits per heavy atom. The molecule has 88 valence electrons. The molecule has 1 aliphatic heterocycles. The van der Waals surface area contributed by atoms with Gasteiger partial charge in [-0.15, -0.1) is 0 Å². The van der Waals surface area contributed by atoms with Gasteiger partial charge in [0.2, 0.25) is 5.91 Å². The maximum Gasteiger partial charge on any atom is 0.239 e. The van der Waals surface area contributed by atoms with Crippen LogP contribution in [0.25, 0.3) is 0 Å². The molecule has 0 aliphatic carbocycles. The molecule has 1 fully saturated rings. The van der Waals surface area contributed by atoms with Gasteiger partial charge in [-0.1, -0.05) is 6.92 Å². The lowest BCUT2D eigenvalue weighted by molar-refractivity contribution is -0.118. The number of nitrogens with zero attached hydrogens (tertiary/aromatic N) is 2. The lowest BCUT2D eigenvalue weighted by Gasteiger charge is -2.15. The van der Waals surface area contributed by atoms with E-state index in [1.807, 2.05) is 18.0 Å². The van der Waals surface area contributed by atoms with Crippen LogP contribution in [0.2, 0.25) is 0 Å². The fourth-order valence-corrected chi connectivity index (χ4v) is 3.02. The van der Waals surface area contributed by atoms with Gasteiger partial charge in [0, 0.05) is 17.5 Å². The highest BCUT2D eigenvalue weighted by molar-refractivity contribution is 8.00. The number of primary amides is 1. The normalized spacial score (nSPS) is 24.6. The predicted octanol–water partition coefficient (Wildman–Crippen LogP) is 0.674. The first kappa shape index (κ1) is 11.3. The van der Waals surface area contributed by atoms with E-state index in [0.717, 1.165) is 5.69 Å². The Balaban J connectivity index is 1.94. The lowest BCUT2D eigenvalue weighted by atomic mass is 10.2. The van der Waals surface area contributed by atoms with Crippen molar-refractivity contribution in [1.82, 2.24) is 9.78 Å². The number of nitrogens with one attached hydrogen (secondary N) is 1. The van der Waals surface area contributed by atoms with Crippen molar-refractivity contribution in [3.8, 4) is 0 Å². The summed E-state index contributed by atoms with van der Waals surface area (Å²) in [6.45, 7) is 2.36. The van der Waals surface area contributed by atoms with Crippen LogP contribution in [0.1, 0.15) is 13.3 Å². The third-order valence-corrected chi connectivity index (χ3v) is 4.01. The minimum Gasteiger partial charge on any atom is -0.379 e. The van der Waals surface area contributed by atoms with Crippen LogP contribution >= 0.6 is 11.8 Å². The van der Waals surface area contributed by atoms with Gasteiger partial charge in [-0.2, -0.15) is 16.9 Å². The van der Waals surface area contributed by atoms with E-state index in [4.69, 9.17) is 5.73 Å². The molecule has 2 unspecified atom stereocenters. The quantitative estimate of drug-likeness (QED) is 0.811. The Bertz CT molecular complexity index is 379. The summed E-state index contributed by atoms with van der Waals surface area (Å²) in [4.78, 5) is 10.7. The predicted molar refractivity (Wildman–Crippen MR) is 65.4 cm³/mol. The van der Waals surface area contributed by atoms with Gasteiger partial charge in [0.25, 0.3) is 0 Å². The first-order valence-electron chi connectivity index (χ1n) is 5.34. The zero-order valence-corrected chi connectivity index (χ0v) is 10.0. The highest BCUT2D eigenvalue weighted by Gasteiger charge is 2.23. The summed E-state index contributed by atoms with van der Waals surface area (Å²) < 4.78 is 1.55. The van der Waals surface area contributed by atoms with Crippen molar-refractivity contribution < 1.29 is 4.79 Å². The largest absolute Gasteiger partial charge is 0.379 e. The molecule has 0 radical (unpaired) electrons. The van der Waals surface area contributed by atoms with Gasteiger partial charge >= 0.3 is 0 Å². The number of anilines is 1. The zero-order chi connectivity index (χ0) is 11.5. The molecular weight excluding hydrogens is 224 g/mol. The molecule has 5 nitrogen and oxygen atoms in total. The van der Waals surface area contributed by atoms with Gasteiger partial charge in [-0.3, -0.25) is 9.48 Å². The number of aromatic nitrogens is 2. The second kappa shape index (κ2) is 4.78. The number of carbonyl (C=O) groups excluding carboxylic acids is 1. The summed E-state index contributed by atoms with van der Waals surface area (Å²) in [6, 6.07) is 0.497. The van der Waals surface area contributed by atoms with E-state index >= 15 is 0 Å². The van der Waals surface area contributed by atoms with E-state index in [-0.39, 0.29) is 12.5 Å². The number of carbonyl (C=O) groups is 1. The molecule has 16 heavy (non-hydrogen) atoms. The molecule has 0 spiro atoms. The van der Waals surface area contributed by atoms with Gasteiger partial charge < -0.3 is 11.1 Å². The Labute approximate surface area is 98.8 Å². The van der Waals surface area contributed by atoms with Crippen LogP contribution in [-0.2, 0) is 11.3 Å². The molecule has 3 N–H and O–H groups in total. The van der Waals surface area contributed by atoms with E-state index in [0.29, 0.717) is 11.3 Å². The fraction of sp³-hybridized carbons (Fsp3) is 0.600. The van der Waals surface area contributed by atoms with Crippen LogP contribution < -0.4 is 11.1 Å². The number of hydrogen-bond donors (Lipinski definition) is 2. The van der Waals surface area contributed by atoms with Crippen LogP contribution in [0.3, 0.4) is 0 Å². The second-order valence-electron chi connectivity index (χ2n) is 4.01. The van der Waals surface area contributed by atoms with Gasteiger partial charge in [-0.25, -0.2) is 0 Å². The topological polar surface area (TPSA) is 72.9 Å². The third kappa shape index (κ3) is 2.69. The maximum absolute atomic E-state index is 10.7. The van der Waals surface area contributed by atoms with Crippen LogP contribution in [0.15, 0.2) is 12.4 Å². The number of thioether (sulfide) groups is 1. The van der Waals surface area contributed by atoms with Crippen molar-refractivity contribution in [3.63, 3.8) is 0 Å². The molecule has 1 amide bonds. The first-order valence-corrected chi connectivity index (χ1v) is 6.39. The minimum atomic E-state index is -0.376. The average Bonchev–Trinajstić information content (AvgIpc) is 2.77. The summed E-state index contributed by atoms with van der Waals surface area (Å²) in [5.74, 6) is 0.827. The molecule has 2 heterocycles. The highest BCUT2D eigenvalue weighted by Crippen LogP contribution is 2.28. The molecule has 1 saturated heterocycles. The van der Waals surface area contributed by atoms with Crippen molar-refractivity contribution in [1.29, 1.82) is 0 Å².